The van der Waals surface area contributed by atoms with Gasteiger partial charge in [0.1, 0.15) is 11.5 Å². The number of carbonyl (C=O) groups excluding carboxylic acids is 1. The van der Waals surface area contributed by atoms with Crippen LogP contribution in [0.15, 0.2) is 36.7 Å². The number of nitrogens with zero attached hydrogens (tertiary/aromatic N) is 4. The van der Waals surface area contributed by atoms with Crippen LogP contribution >= 0.6 is 0 Å². The van der Waals surface area contributed by atoms with Crippen molar-refractivity contribution in [3.63, 3.8) is 0 Å². The van der Waals surface area contributed by atoms with Crippen molar-refractivity contribution in [2.75, 3.05) is 36.4 Å². The first-order chi connectivity index (χ1) is 13.2. The maximum atomic E-state index is 12.7. The van der Waals surface area contributed by atoms with Crippen LogP contribution < -0.4 is 10.2 Å². The number of amides is 1. The molecule has 2 aliphatic rings. The summed E-state index contributed by atoms with van der Waals surface area (Å²) in [6.45, 7) is 5.19. The molecule has 1 aromatic carbocycles. The molecule has 2 aromatic rings. The van der Waals surface area contributed by atoms with Gasteiger partial charge in [0.25, 0.3) is 5.91 Å². The van der Waals surface area contributed by atoms with Gasteiger partial charge in [0.15, 0.2) is 0 Å². The zero-order valence-corrected chi connectivity index (χ0v) is 15.9. The number of nitrogens with one attached hydrogen (secondary N) is 1. The largest absolute Gasteiger partial charge is 0.368 e. The number of hydrogen-bond donors (Lipinski definition) is 1. The number of hydrogen-bond acceptors (Lipinski definition) is 5. The third-order valence-electron chi connectivity index (χ3n) is 5.51. The van der Waals surface area contributed by atoms with Crippen LogP contribution in [0.1, 0.15) is 41.7 Å². The molecule has 6 nitrogen and oxygen atoms in total. The maximum Gasteiger partial charge on any atom is 0.274 e. The minimum absolute atomic E-state index is 0.0289. The second kappa shape index (κ2) is 7.94. The van der Waals surface area contributed by atoms with Crippen LogP contribution in [0.2, 0.25) is 0 Å². The number of rotatable bonds is 4. The Kier molecular flexibility index (Phi) is 5.23. The number of carbonyl (C=O) groups is 1. The van der Waals surface area contributed by atoms with Gasteiger partial charge in [-0.3, -0.25) is 4.79 Å². The van der Waals surface area contributed by atoms with Crippen molar-refractivity contribution in [1.29, 1.82) is 0 Å². The topological polar surface area (TPSA) is 61.4 Å². The Morgan fingerprint density at radius 2 is 1.85 bits per heavy atom. The molecule has 0 bridgehead atoms. The van der Waals surface area contributed by atoms with E-state index in [9.17, 15) is 4.79 Å². The fraction of sp³-hybridized carbons (Fsp3) is 0.476. The highest BCUT2D eigenvalue weighted by Gasteiger charge is 2.23. The fourth-order valence-corrected chi connectivity index (χ4v) is 3.95. The molecule has 1 N–H and O–H groups in total. The smallest absolute Gasteiger partial charge is 0.274 e. The molecule has 0 atom stereocenters. The number of benzene rings is 1. The van der Waals surface area contributed by atoms with Gasteiger partial charge in [-0.2, -0.15) is 0 Å². The van der Waals surface area contributed by atoms with Crippen molar-refractivity contribution in [3.05, 3.63) is 47.9 Å². The summed E-state index contributed by atoms with van der Waals surface area (Å²) in [5.41, 5.74) is 2.91. The second-order valence-corrected chi connectivity index (χ2v) is 7.53. The summed E-state index contributed by atoms with van der Waals surface area (Å²) >= 11 is 0. The summed E-state index contributed by atoms with van der Waals surface area (Å²) in [5.74, 6) is 0.738. The van der Waals surface area contributed by atoms with Gasteiger partial charge < -0.3 is 15.1 Å². The first kappa shape index (κ1) is 17.8. The molecular formula is C21H27N5O. The zero-order chi connectivity index (χ0) is 18.6. The zero-order valence-electron chi connectivity index (χ0n) is 15.9. The highest BCUT2D eigenvalue weighted by Crippen LogP contribution is 2.21. The van der Waals surface area contributed by atoms with E-state index in [0.29, 0.717) is 24.8 Å². The molecule has 1 aliphatic carbocycles. The fourth-order valence-electron chi connectivity index (χ4n) is 3.95. The van der Waals surface area contributed by atoms with Gasteiger partial charge in [-0.1, -0.05) is 25.0 Å². The van der Waals surface area contributed by atoms with Crippen LogP contribution in [-0.2, 0) is 0 Å². The monoisotopic (exact) mass is 365 g/mol. The van der Waals surface area contributed by atoms with Crippen molar-refractivity contribution in [2.45, 2.75) is 38.6 Å². The molecule has 1 amide bonds. The van der Waals surface area contributed by atoms with Crippen molar-refractivity contribution in [1.82, 2.24) is 14.9 Å². The number of aryl methyl sites for hydroxylation is 1. The predicted octanol–water partition coefficient (Wildman–Crippen LogP) is 3.10. The van der Waals surface area contributed by atoms with E-state index in [4.69, 9.17) is 0 Å². The molecule has 4 rings (SSSR count). The van der Waals surface area contributed by atoms with E-state index >= 15 is 0 Å². The van der Waals surface area contributed by atoms with E-state index in [1.807, 2.05) is 4.90 Å². The third kappa shape index (κ3) is 4.21. The van der Waals surface area contributed by atoms with Crippen LogP contribution in [-0.4, -0.2) is 53.0 Å². The van der Waals surface area contributed by atoms with Crippen LogP contribution in [0.5, 0.6) is 0 Å². The Labute approximate surface area is 160 Å². The first-order valence-electron chi connectivity index (χ1n) is 9.88. The second-order valence-electron chi connectivity index (χ2n) is 7.53. The summed E-state index contributed by atoms with van der Waals surface area (Å²) in [5, 5.41) is 3.41. The lowest BCUT2D eigenvalue weighted by Gasteiger charge is -2.36. The third-order valence-corrected chi connectivity index (χ3v) is 5.51. The molecule has 142 valence electrons. The average molecular weight is 365 g/mol. The van der Waals surface area contributed by atoms with Gasteiger partial charge in [0.2, 0.25) is 0 Å². The summed E-state index contributed by atoms with van der Waals surface area (Å²) < 4.78 is 0. The lowest BCUT2D eigenvalue weighted by molar-refractivity contribution is 0.0740. The van der Waals surface area contributed by atoms with Crippen molar-refractivity contribution in [3.8, 4) is 0 Å². The number of piperazine rings is 1. The van der Waals surface area contributed by atoms with E-state index in [1.54, 1.807) is 12.4 Å². The number of anilines is 2. The molecule has 1 aliphatic heterocycles. The quantitative estimate of drug-likeness (QED) is 0.902. The van der Waals surface area contributed by atoms with Crippen molar-refractivity contribution < 1.29 is 4.79 Å². The molecule has 1 saturated heterocycles. The molecule has 0 radical (unpaired) electrons. The summed E-state index contributed by atoms with van der Waals surface area (Å²) in [6.07, 6.45) is 8.22. The van der Waals surface area contributed by atoms with Crippen LogP contribution in [0.25, 0.3) is 0 Å². The van der Waals surface area contributed by atoms with Crippen LogP contribution in [0.3, 0.4) is 0 Å². The summed E-state index contributed by atoms with van der Waals surface area (Å²) in [4.78, 5) is 25.7. The van der Waals surface area contributed by atoms with Gasteiger partial charge in [-0.05, 0) is 37.5 Å². The van der Waals surface area contributed by atoms with Gasteiger partial charge in [0.05, 0.1) is 12.4 Å². The number of aromatic nitrogens is 2. The Hall–Kier alpha value is -2.63. The Morgan fingerprint density at radius 3 is 2.52 bits per heavy atom. The van der Waals surface area contributed by atoms with E-state index in [-0.39, 0.29) is 5.91 Å². The van der Waals surface area contributed by atoms with Gasteiger partial charge in [-0.25, -0.2) is 9.97 Å². The highest BCUT2D eigenvalue weighted by molar-refractivity contribution is 5.92. The molecular weight excluding hydrogens is 338 g/mol. The van der Waals surface area contributed by atoms with Crippen LogP contribution in [0, 0.1) is 6.92 Å². The van der Waals surface area contributed by atoms with E-state index in [0.717, 1.165) is 18.9 Å². The SMILES string of the molecule is Cc1cccc(N2CCN(C(=O)c3cnc(NC4CCCC4)cn3)CC2)c1. The van der Waals surface area contributed by atoms with Crippen LogP contribution in [0.4, 0.5) is 11.5 Å². The van der Waals surface area contributed by atoms with Crippen molar-refractivity contribution >= 4 is 17.4 Å². The molecule has 0 unspecified atom stereocenters. The molecule has 2 heterocycles. The van der Waals surface area contributed by atoms with Gasteiger partial charge in [-0.15, -0.1) is 0 Å². The molecule has 1 aromatic heterocycles. The lowest BCUT2D eigenvalue weighted by Crippen LogP contribution is -2.49. The Bertz CT molecular complexity index is 777. The normalized spacial score (nSPS) is 18.0. The first-order valence-corrected chi connectivity index (χ1v) is 9.88. The lowest BCUT2D eigenvalue weighted by atomic mass is 10.2. The predicted molar refractivity (Wildman–Crippen MR) is 107 cm³/mol. The standard InChI is InChI=1S/C21H27N5O/c1-16-5-4-8-18(13-16)25-9-11-26(12-10-25)21(27)19-14-23-20(15-22-19)24-17-6-2-3-7-17/h4-5,8,13-15,17H,2-3,6-7,9-12H2,1H3,(H,23,24). The highest BCUT2D eigenvalue weighted by atomic mass is 16.2. The minimum atomic E-state index is -0.0289. The molecule has 6 heteroatoms. The molecule has 2 fully saturated rings. The molecule has 0 spiro atoms. The average Bonchev–Trinajstić information content (AvgIpc) is 3.21. The summed E-state index contributed by atoms with van der Waals surface area (Å²) in [7, 11) is 0. The van der Waals surface area contributed by atoms with Gasteiger partial charge >= 0.3 is 0 Å². The van der Waals surface area contributed by atoms with Gasteiger partial charge in [0, 0.05) is 37.9 Å². The minimum Gasteiger partial charge on any atom is -0.368 e. The maximum absolute atomic E-state index is 12.7. The van der Waals surface area contributed by atoms with E-state index in [1.165, 1.54) is 36.9 Å². The van der Waals surface area contributed by atoms with E-state index in [2.05, 4.69) is 51.4 Å². The Balaban J connectivity index is 1.33. The van der Waals surface area contributed by atoms with E-state index < -0.39 is 0 Å². The van der Waals surface area contributed by atoms with Crippen molar-refractivity contribution in [2.24, 2.45) is 0 Å². The summed E-state index contributed by atoms with van der Waals surface area (Å²) in [6, 6.07) is 9.01. The Morgan fingerprint density at radius 1 is 1.07 bits per heavy atom. The molecule has 27 heavy (non-hydrogen) atoms. The molecule has 1 saturated carbocycles.